The summed E-state index contributed by atoms with van der Waals surface area (Å²) in [5.41, 5.74) is 2.32. The van der Waals surface area contributed by atoms with E-state index in [0.717, 1.165) is 11.4 Å². The predicted octanol–water partition coefficient (Wildman–Crippen LogP) is 3.72. The molecule has 2 rings (SSSR count). The number of hydrogen-bond donors (Lipinski definition) is 1. The van der Waals surface area contributed by atoms with E-state index in [2.05, 4.69) is 49.1 Å². The van der Waals surface area contributed by atoms with Crippen LogP contribution in [0.3, 0.4) is 0 Å². The zero-order chi connectivity index (χ0) is 14.4. The number of nitrogens with one attached hydrogen (secondary N) is 1. The summed E-state index contributed by atoms with van der Waals surface area (Å²) in [6, 6.07) is 6.88. The van der Waals surface area contributed by atoms with Gasteiger partial charge in [-0.3, -0.25) is 0 Å². The van der Waals surface area contributed by atoms with Gasteiger partial charge in [-0.05, 0) is 43.2 Å². The number of thioether (sulfide) groups is 1. The van der Waals surface area contributed by atoms with Crippen molar-refractivity contribution in [3.05, 3.63) is 23.8 Å². The molecule has 2 unspecified atom stereocenters. The van der Waals surface area contributed by atoms with E-state index >= 15 is 0 Å². The van der Waals surface area contributed by atoms with Crippen LogP contribution in [-0.4, -0.2) is 37.4 Å². The maximum atomic E-state index is 5.84. The first-order valence-electron chi connectivity index (χ1n) is 7.31. The summed E-state index contributed by atoms with van der Waals surface area (Å²) in [6.07, 6.45) is 2.53. The van der Waals surface area contributed by atoms with Crippen LogP contribution in [0.2, 0.25) is 0 Å². The molecule has 0 aromatic heterocycles. The molecule has 2 atom stereocenters. The van der Waals surface area contributed by atoms with Crippen molar-refractivity contribution in [1.29, 1.82) is 0 Å². The smallest absolute Gasteiger partial charge is 0.142 e. The molecule has 1 N–H and O–H groups in total. The third-order valence-electron chi connectivity index (χ3n) is 3.63. The second-order valence-electron chi connectivity index (χ2n) is 5.31. The monoisotopic (exact) mass is 295 g/mol. The number of aryl methyl sites for hydroxylation is 1. The second kappa shape index (κ2) is 7.79. The highest BCUT2D eigenvalue weighted by molar-refractivity contribution is 8.00. The van der Waals surface area contributed by atoms with Crippen LogP contribution < -0.4 is 10.1 Å². The van der Waals surface area contributed by atoms with Gasteiger partial charge < -0.3 is 14.8 Å². The van der Waals surface area contributed by atoms with E-state index in [-0.39, 0.29) is 0 Å². The van der Waals surface area contributed by atoms with Gasteiger partial charge in [0.2, 0.25) is 0 Å². The number of anilines is 1. The number of rotatable bonds is 6. The largest absolute Gasteiger partial charge is 0.489 e. The van der Waals surface area contributed by atoms with Gasteiger partial charge in [-0.25, -0.2) is 0 Å². The lowest BCUT2D eigenvalue weighted by atomic mass is 10.1. The predicted molar refractivity (Wildman–Crippen MR) is 87.1 cm³/mol. The highest BCUT2D eigenvalue weighted by Crippen LogP contribution is 2.32. The van der Waals surface area contributed by atoms with Crippen molar-refractivity contribution in [3.63, 3.8) is 0 Å². The Morgan fingerprint density at radius 2 is 2.20 bits per heavy atom. The van der Waals surface area contributed by atoms with Gasteiger partial charge in [0, 0.05) is 18.4 Å². The number of ether oxygens (including phenoxy) is 2. The molecular formula is C16H25NO2S. The normalized spacial score (nSPS) is 22.6. The number of hydrogen-bond acceptors (Lipinski definition) is 4. The quantitative estimate of drug-likeness (QED) is 0.810. The van der Waals surface area contributed by atoms with Crippen LogP contribution in [0.25, 0.3) is 0 Å². The Balaban J connectivity index is 2.05. The average Bonchev–Trinajstić information content (AvgIpc) is 2.44. The standard InChI is InChI=1S/C16H25NO2S/c1-12-6-7-15(16(11-12)19-9-8-18-3)17-14-5-4-10-20-13(14)2/h6-7,11,13-14,17H,4-5,8-10H2,1-3H3. The van der Waals surface area contributed by atoms with E-state index in [1.54, 1.807) is 7.11 Å². The zero-order valence-electron chi connectivity index (χ0n) is 12.6. The van der Waals surface area contributed by atoms with Crippen LogP contribution in [0, 0.1) is 6.92 Å². The van der Waals surface area contributed by atoms with Gasteiger partial charge in [-0.15, -0.1) is 0 Å². The van der Waals surface area contributed by atoms with Crippen LogP contribution in [0.1, 0.15) is 25.3 Å². The molecule has 1 heterocycles. The van der Waals surface area contributed by atoms with Crippen molar-refractivity contribution in [2.24, 2.45) is 0 Å². The molecule has 1 fully saturated rings. The molecule has 1 aliphatic heterocycles. The van der Waals surface area contributed by atoms with Gasteiger partial charge in [0.05, 0.1) is 12.3 Å². The molecule has 4 heteroatoms. The van der Waals surface area contributed by atoms with Crippen molar-refractivity contribution in [1.82, 2.24) is 0 Å². The van der Waals surface area contributed by atoms with Gasteiger partial charge >= 0.3 is 0 Å². The Kier molecular flexibility index (Phi) is 6.05. The van der Waals surface area contributed by atoms with Gasteiger partial charge in [0.1, 0.15) is 12.4 Å². The van der Waals surface area contributed by atoms with Crippen LogP contribution in [-0.2, 0) is 4.74 Å². The summed E-state index contributed by atoms with van der Waals surface area (Å²) in [6.45, 7) is 5.60. The molecule has 0 radical (unpaired) electrons. The summed E-state index contributed by atoms with van der Waals surface area (Å²) < 4.78 is 10.9. The molecule has 1 aromatic carbocycles. The minimum Gasteiger partial charge on any atom is -0.489 e. The minimum atomic E-state index is 0.529. The third-order valence-corrected chi connectivity index (χ3v) is 5.01. The SMILES string of the molecule is COCCOc1cc(C)ccc1NC1CCCSC1C. The first-order chi connectivity index (χ1) is 9.70. The Hall–Kier alpha value is -0.870. The highest BCUT2D eigenvalue weighted by atomic mass is 32.2. The molecule has 1 aliphatic rings. The van der Waals surface area contributed by atoms with Gasteiger partial charge in [-0.2, -0.15) is 11.8 Å². The molecule has 20 heavy (non-hydrogen) atoms. The zero-order valence-corrected chi connectivity index (χ0v) is 13.5. The molecule has 1 aromatic rings. The lowest BCUT2D eigenvalue weighted by molar-refractivity contribution is 0.146. The third kappa shape index (κ3) is 4.32. The van der Waals surface area contributed by atoms with Crippen LogP contribution >= 0.6 is 11.8 Å². The van der Waals surface area contributed by atoms with E-state index < -0.39 is 0 Å². The Labute approximate surface area is 126 Å². The van der Waals surface area contributed by atoms with E-state index in [9.17, 15) is 0 Å². The molecular weight excluding hydrogens is 270 g/mol. The Bertz CT molecular complexity index is 425. The highest BCUT2D eigenvalue weighted by Gasteiger charge is 2.22. The fraction of sp³-hybridized carbons (Fsp3) is 0.625. The van der Waals surface area contributed by atoms with Gasteiger partial charge in [0.15, 0.2) is 0 Å². The van der Waals surface area contributed by atoms with Crippen molar-refractivity contribution in [2.45, 2.75) is 38.0 Å². The molecule has 0 spiro atoms. The Morgan fingerprint density at radius 3 is 2.95 bits per heavy atom. The van der Waals surface area contributed by atoms with Crippen molar-refractivity contribution < 1.29 is 9.47 Å². The van der Waals surface area contributed by atoms with E-state index in [0.29, 0.717) is 24.5 Å². The second-order valence-corrected chi connectivity index (χ2v) is 6.79. The summed E-state index contributed by atoms with van der Waals surface area (Å²) in [7, 11) is 1.69. The molecule has 0 bridgehead atoms. The molecule has 0 saturated carbocycles. The average molecular weight is 295 g/mol. The molecule has 112 valence electrons. The molecule has 3 nitrogen and oxygen atoms in total. The topological polar surface area (TPSA) is 30.5 Å². The summed E-state index contributed by atoms with van der Waals surface area (Å²) >= 11 is 2.05. The number of methoxy groups -OCH3 is 1. The van der Waals surface area contributed by atoms with Crippen LogP contribution in [0.5, 0.6) is 5.75 Å². The minimum absolute atomic E-state index is 0.529. The van der Waals surface area contributed by atoms with Crippen LogP contribution in [0.4, 0.5) is 5.69 Å². The molecule has 0 amide bonds. The molecule has 1 saturated heterocycles. The first-order valence-corrected chi connectivity index (χ1v) is 8.36. The molecule has 0 aliphatic carbocycles. The Morgan fingerprint density at radius 1 is 1.35 bits per heavy atom. The summed E-state index contributed by atoms with van der Waals surface area (Å²) in [4.78, 5) is 0. The number of benzene rings is 1. The fourth-order valence-corrected chi connectivity index (χ4v) is 3.56. The maximum Gasteiger partial charge on any atom is 0.142 e. The fourth-order valence-electron chi connectivity index (χ4n) is 2.42. The van der Waals surface area contributed by atoms with E-state index in [4.69, 9.17) is 9.47 Å². The van der Waals surface area contributed by atoms with Gasteiger partial charge in [-0.1, -0.05) is 13.0 Å². The van der Waals surface area contributed by atoms with E-state index in [1.165, 1.54) is 24.2 Å². The van der Waals surface area contributed by atoms with Crippen molar-refractivity contribution in [2.75, 3.05) is 31.4 Å². The summed E-state index contributed by atoms with van der Waals surface area (Å²) in [5, 5.41) is 4.32. The lowest BCUT2D eigenvalue weighted by Crippen LogP contribution is -2.32. The first kappa shape index (κ1) is 15.5. The van der Waals surface area contributed by atoms with Crippen molar-refractivity contribution in [3.8, 4) is 5.75 Å². The van der Waals surface area contributed by atoms with Gasteiger partial charge in [0.25, 0.3) is 0 Å². The lowest BCUT2D eigenvalue weighted by Gasteiger charge is -2.30. The maximum absolute atomic E-state index is 5.84. The summed E-state index contributed by atoms with van der Waals surface area (Å²) in [5.74, 6) is 2.22. The van der Waals surface area contributed by atoms with Crippen molar-refractivity contribution >= 4 is 17.4 Å². The van der Waals surface area contributed by atoms with E-state index in [1.807, 2.05) is 0 Å². The van der Waals surface area contributed by atoms with Crippen LogP contribution in [0.15, 0.2) is 18.2 Å².